The minimum atomic E-state index is -1.63. The lowest BCUT2D eigenvalue weighted by atomic mass is 10.2. The third-order valence-electron chi connectivity index (χ3n) is 4.16. The van der Waals surface area contributed by atoms with Crippen molar-refractivity contribution in [3.63, 3.8) is 0 Å². The average Bonchev–Trinajstić information content (AvgIpc) is 3.05. The van der Waals surface area contributed by atoms with Gasteiger partial charge < -0.3 is 9.47 Å². The van der Waals surface area contributed by atoms with Gasteiger partial charge in [-0.1, -0.05) is 0 Å². The Morgan fingerprint density at radius 3 is 2.71 bits per heavy atom. The Morgan fingerprint density at radius 2 is 2.04 bits per heavy atom. The molecule has 0 aliphatic heterocycles. The fourth-order valence-electron chi connectivity index (χ4n) is 2.73. The maximum absolute atomic E-state index is 13.0. The van der Waals surface area contributed by atoms with Gasteiger partial charge in [-0.2, -0.15) is 0 Å². The number of aromatic nitrogens is 3. The molecule has 28 heavy (non-hydrogen) atoms. The molecular formula is C17H18N4O6S. The molecule has 0 spiro atoms. The van der Waals surface area contributed by atoms with Crippen molar-refractivity contribution in [2.24, 2.45) is 0 Å². The van der Waals surface area contributed by atoms with Crippen molar-refractivity contribution in [2.45, 2.75) is 24.6 Å². The normalized spacial score (nSPS) is 12.0. The summed E-state index contributed by atoms with van der Waals surface area (Å²) in [5, 5.41) is 9.89. The molecule has 0 saturated heterocycles. The van der Waals surface area contributed by atoms with Gasteiger partial charge in [0.2, 0.25) is 5.16 Å². The molecule has 0 bridgehead atoms. The molecular weight excluding hydrogens is 388 g/mol. The molecule has 2 heterocycles. The largest absolute Gasteiger partial charge is 0.497 e. The third-order valence-corrected chi connectivity index (χ3v) is 5.42. The van der Waals surface area contributed by atoms with E-state index >= 15 is 0 Å². The minimum Gasteiger partial charge on any atom is -0.497 e. The summed E-state index contributed by atoms with van der Waals surface area (Å²) in [6.07, 6.45) is 1.57. The molecule has 3 aromatic rings. The van der Waals surface area contributed by atoms with Crippen LogP contribution in [0, 0.1) is 17.0 Å². The van der Waals surface area contributed by atoms with Crippen LogP contribution in [0.15, 0.2) is 35.6 Å². The molecule has 0 amide bonds. The highest BCUT2D eigenvalue weighted by molar-refractivity contribution is 7.84. The molecule has 148 valence electrons. The van der Waals surface area contributed by atoms with Gasteiger partial charge in [-0.3, -0.25) is 18.6 Å². The molecule has 0 radical (unpaired) electrons. The Bertz CT molecular complexity index is 1050. The highest BCUT2D eigenvalue weighted by atomic mass is 32.2. The van der Waals surface area contributed by atoms with Crippen LogP contribution in [0.4, 0.5) is 0 Å². The zero-order valence-corrected chi connectivity index (χ0v) is 16.3. The van der Waals surface area contributed by atoms with E-state index in [1.807, 2.05) is 6.92 Å². The number of nitrogens with zero attached hydrogens (tertiary/aromatic N) is 4. The van der Waals surface area contributed by atoms with Gasteiger partial charge in [0.1, 0.15) is 11.5 Å². The first-order chi connectivity index (χ1) is 13.4. The second-order valence-electron chi connectivity index (χ2n) is 5.73. The summed E-state index contributed by atoms with van der Waals surface area (Å²) in [7, 11) is 1.43. The Balaban J connectivity index is 2.01. The molecule has 0 aliphatic carbocycles. The molecule has 0 N–H and O–H groups in total. The van der Waals surface area contributed by atoms with Crippen LogP contribution in [0.3, 0.4) is 0 Å². The van der Waals surface area contributed by atoms with E-state index in [0.29, 0.717) is 28.2 Å². The standard InChI is InChI=1S/C17H18N4O6S/c1-11-14(18-7-6-16(11)26-3)9-28(24)17-19-13-8-12(25-2)4-5-15(13)20(17)10-27-21(22)23/h4-8H,9-10H2,1-3H3. The smallest absolute Gasteiger partial charge is 0.296 e. The lowest BCUT2D eigenvalue weighted by Gasteiger charge is -2.10. The Labute approximate surface area is 162 Å². The summed E-state index contributed by atoms with van der Waals surface area (Å²) >= 11 is 0. The first-order valence-electron chi connectivity index (χ1n) is 8.13. The van der Waals surface area contributed by atoms with Gasteiger partial charge in [-0.05, 0) is 25.1 Å². The molecule has 10 nitrogen and oxygen atoms in total. The predicted molar refractivity (Wildman–Crippen MR) is 100 cm³/mol. The van der Waals surface area contributed by atoms with Gasteiger partial charge in [0.25, 0.3) is 5.09 Å². The van der Waals surface area contributed by atoms with Crippen LogP contribution >= 0.6 is 0 Å². The fourth-order valence-corrected chi connectivity index (χ4v) is 4.00. The molecule has 2 aromatic heterocycles. The number of fused-ring (bicyclic) bond motifs is 1. The van der Waals surface area contributed by atoms with Crippen LogP contribution in [0.5, 0.6) is 11.5 Å². The van der Waals surface area contributed by atoms with E-state index in [1.165, 1.54) is 11.7 Å². The molecule has 0 saturated carbocycles. The zero-order valence-electron chi connectivity index (χ0n) is 15.4. The molecule has 3 rings (SSSR count). The highest BCUT2D eigenvalue weighted by Gasteiger charge is 2.20. The number of imidazole rings is 1. The van der Waals surface area contributed by atoms with Crippen molar-refractivity contribution in [3.8, 4) is 11.5 Å². The van der Waals surface area contributed by atoms with Gasteiger partial charge in [-0.15, -0.1) is 10.1 Å². The van der Waals surface area contributed by atoms with Crippen LogP contribution in [0.25, 0.3) is 11.0 Å². The first-order valence-corrected chi connectivity index (χ1v) is 9.45. The molecule has 11 heteroatoms. The summed E-state index contributed by atoms with van der Waals surface area (Å²) in [6.45, 7) is 1.39. The van der Waals surface area contributed by atoms with Crippen LogP contribution in [0.1, 0.15) is 11.3 Å². The number of benzene rings is 1. The Morgan fingerprint density at radius 1 is 1.25 bits per heavy atom. The molecule has 1 unspecified atom stereocenters. The van der Waals surface area contributed by atoms with E-state index in [-0.39, 0.29) is 10.9 Å². The number of hydrogen-bond donors (Lipinski definition) is 0. The minimum absolute atomic E-state index is 0.0714. The number of ether oxygens (including phenoxy) is 2. The van der Waals surface area contributed by atoms with Crippen molar-refractivity contribution in [1.29, 1.82) is 0 Å². The molecule has 0 aliphatic rings. The molecule has 1 atom stereocenters. The molecule has 0 fully saturated rings. The van der Waals surface area contributed by atoms with Gasteiger partial charge in [-0.25, -0.2) is 4.98 Å². The van der Waals surface area contributed by atoms with Gasteiger partial charge >= 0.3 is 0 Å². The lowest BCUT2D eigenvalue weighted by Crippen LogP contribution is -2.13. The summed E-state index contributed by atoms with van der Waals surface area (Å²) in [5.74, 6) is 1.27. The van der Waals surface area contributed by atoms with Crippen molar-refractivity contribution >= 4 is 21.8 Å². The van der Waals surface area contributed by atoms with Gasteiger partial charge in [0.05, 0.1) is 47.5 Å². The number of methoxy groups -OCH3 is 2. The van der Waals surface area contributed by atoms with E-state index in [9.17, 15) is 14.3 Å². The van der Waals surface area contributed by atoms with E-state index in [1.54, 1.807) is 37.6 Å². The summed E-state index contributed by atoms with van der Waals surface area (Å²) in [6, 6.07) is 6.75. The number of hydrogen-bond acceptors (Lipinski definition) is 8. The number of pyridine rings is 1. The summed E-state index contributed by atoms with van der Waals surface area (Å²) < 4.78 is 24.9. The summed E-state index contributed by atoms with van der Waals surface area (Å²) in [5.41, 5.74) is 2.39. The van der Waals surface area contributed by atoms with E-state index < -0.39 is 22.6 Å². The van der Waals surface area contributed by atoms with Crippen molar-refractivity contribution < 1.29 is 23.6 Å². The second kappa shape index (κ2) is 8.21. The van der Waals surface area contributed by atoms with E-state index in [4.69, 9.17) is 9.47 Å². The SMILES string of the molecule is COc1ccc2c(c1)nc(S(=O)Cc1nccc(OC)c1C)n2CO[N+](=O)[O-]. The average molecular weight is 406 g/mol. The van der Waals surface area contributed by atoms with E-state index in [0.717, 1.165) is 5.56 Å². The Kier molecular flexibility index (Phi) is 5.73. The fraction of sp³-hybridized carbons (Fsp3) is 0.294. The third kappa shape index (κ3) is 3.88. The van der Waals surface area contributed by atoms with Gasteiger partial charge in [0.15, 0.2) is 6.73 Å². The zero-order chi connectivity index (χ0) is 20.3. The second-order valence-corrected chi connectivity index (χ2v) is 7.08. The molecule has 1 aromatic carbocycles. The summed E-state index contributed by atoms with van der Waals surface area (Å²) in [4.78, 5) is 23.8. The maximum Gasteiger partial charge on any atom is 0.296 e. The van der Waals surface area contributed by atoms with Crippen molar-refractivity contribution in [3.05, 3.63) is 51.8 Å². The van der Waals surface area contributed by atoms with Crippen LogP contribution in [-0.4, -0.2) is 38.1 Å². The topological polar surface area (TPSA) is 119 Å². The van der Waals surface area contributed by atoms with Crippen LogP contribution < -0.4 is 9.47 Å². The van der Waals surface area contributed by atoms with Crippen LogP contribution in [0.2, 0.25) is 0 Å². The van der Waals surface area contributed by atoms with Crippen molar-refractivity contribution in [2.75, 3.05) is 14.2 Å². The van der Waals surface area contributed by atoms with Crippen LogP contribution in [-0.2, 0) is 28.1 Å². The number of rotatable bonds is 8. The monoisotopic (exact) mass is 406 g/mol. The quantitative estimate of drug-likeness (QED) is 0.413. The Hall–Kier alpha value is -3.21. The van der Waals surface area contributed by atoms with Gasteiger partial charge in [0, 0.05) is 17.8 Å². The van der Waals surface area contributed by atoms with E-state index in [2.05, 4.69) is 14.8 Å². The lowest BCUT2D eigenvalue weighted by molar-refractivity contribution is -0.767. The first kappa shape index (κ1) is 19.5. The van der Waals surface area contributed by atoms with Crippen molar-refractivity contribution in [1.82, 2.24) is 14.5 Å². The maximum atomic E-state index is 13.0. The highest BCUT2D eigenvalue weighted by Crippen LogP contribution is 2.26. The predicted octanol–water partition coefficient (Wildman–Crippen LogP) is 2.23.